The van der Waals surface area contributed by atoms with Crippen molar-refractivity contribution in [2.75, 3.05) is 12.3 Å². The molecule has 22 heavy (non-hydrogen) atoms. The SMILES string of the molecule is CCOc1ccc(-n2cnc(-c3ccc(N)c(F)c3)n2)cc1. The molecule has 0 radical (unpaired) electrons. The summed E-state index contributed by atoms with van der Waals surface area (Å²) in [5.74, 6) is 0.759. The van der Waals surface area contributed by atoms with Crippen molar-refractivity contribution in [2.45, 2.75) is 6.92 Å². The molecule has 0 bridgehead atoms. The second kappa shape index (κ2) is 5.85. The zero-order valence-corrected chi connectivity index (χ0v) is 12.0. The van der Waals surface area contributed by atoms with E-state index in [0.717, 1.165) is 11.4 Å². The van der Waals surface area contributed by atoms with Crippen LogP contribution in [0.3, 0.4) is 0 Å². The molecule has 0 aliphatic carbocycles. The van der Waals surface area contributed by atoms with E-state index in [1.54, 1.807) is 17.1 Å². The molecule has 0 saturated heterocycles. The van der Waals surface area contributed by atoms with Crippen molar-refractivity contribution in [1.82, 2.24) is 14.8 Å². The molecule has 0 aliphatic heterocycles. The van der Waals surface area contributed by atoms with E-state index in [1.165, 1.54) is 12.1 Å². The van der Waals surface area contributed by atoms with Gasteiger partial charge in [0.1, 0.15) is 17.9 Å². The lowest BCUT2D eigenvalue weighted by Gasteiger charge is -2.04. The van der Waals surface area contributed by atoms with Gasteiger partial charge >= 0.3 is 0 Å². The van der Waals surface area contributed by atoms with Crippen LogP contribution in [-0.4, -0.2) is 21.4 Å². The molecule has 3 aromatic rings. The van der Waals surface area contributed by atoms with Gasteiger partial charge in [0.05, 0.1) is 18.0 Å². The fourth-order valence-corrected chi connectivity index (χ4v) is 2.05. The molecule has 0 amide bonds. The van der Waals surface area contributed by atoms with E-state index in [1.807, 2.05) is 31.2 Å². The highest BCUT2D eigenvalue weighted by molar-refractivity contribution is 5.59. The number of nitrogens with zero attached hydrogens (tertiary/aromatic N) is 3. The number of nitrogens with two attached hydrogens (primary N) is 1. The van der Waals surface area contributed by atoms with E-state index in [9.17, 15) is 4.39 Å². The number of benzene rings is 2. The number of hydrogen-bond acceptors (Lipinski definition) is 4. The Bertz CT molecular complexity index is 783. The smallest absolute Gasteiger partial charge is 0.181 e. The molecule has 3 rings (SSSR count). The molecule has 0 unspecified atom stereocenters. The van der Waals surface area contributed by atoms with E-state index in [-0.39, 0.29) is 5.69 Å². The van der Waals surface area contributed by atoms with Crippen LogP contribution < -0.4 is 10.5 Å². The summed E-state index contributed by atoms with van der Waals surface area (Å²) in [5.41, 5.74) is 7.00. The minimum Gasteiger partial charge on any atom is -0.494 e. The Morgan fingerprint density at radius 2 is 1.95 bits per heavy atom. The van der Waals surface area contributed by atoms with Gasteiger partial charge in [-0.15, -0.1) is 5.10 Å². The highest BCUT2D eigenvalue weighted by Gasteiger charge is 2.08. The van der Waals surface area contributed by atoms with Crippen LogP contribution in [-0.2, 0) is 0 Å². The fourth-order valence-electron chi connectivity index (χ4n) is 2.05. The monoisotopic (exact) mass is 298 g/mol. The Morgan fingerprint density at radius 1 is 1.18 bits per heavy atom. The largest absolute Gasteiger partial charge is 0.494 e. The Kier molecular flexibility index (Phi) is 3.74. The average molecular weight is 298 g/mol. The molecule has 112 valence electrons. The Morgan fingerprint density at radius 3 is 2.64 bits per heavy atom. The van der Waals surface area contributed by atoms with Crippen LogP contribution in [0.25, 0.3) is 17.1 Å². The van der Waals surface area contributed by atoms with Crippen molar-refractivity contribution < 1.29 is 9.13 Å². The van der Waals surface area contributed by atoms with Gasteiger partial charge in [-0.05, 0) is 49.4 Å². The molecule has 2 N–H and O–H groups in total. The maximum absolute atomic E-state index is 13.5. The zero-order valence-electron chi connectivity index (χ0n) is 12.0. The summed E-state index contributed by atoms with van der Waals surface area (Å²) in [7, 11) is 0. The summed E-state index contributed by atoms with van der Waals surface area (Å²) in [6.45, 7) is 2.55. The number of nitrogen functional groups attached to an aromatic ring is 1. The Balaban J connectivity index is 1.88. The zero-order chi connectivity index (χ0) is 15.5. The highest BCUT2D eigenvalue weighted by Crippen LogP contribution is 2.21. The first-order valence-electron chi connectivity index (χ1n) is 6.87. The third-order valence-electron chi connectivity index (χ3n) is 3.16. The normalized spacial score (nSPS) is 10.6. The highest BCUT2D eigenvalue weighted by atomic mass is 19.1. The van der Waals surface area contributed by atoms with Crippen LogP contribution in [0.2, 0.25) is 0 Å². The third-order valence-corrected chi connectivity index (χ3v) is 3.16. The van der Waals surface area contributed by atoms with Gasteiger partial charge in [-0.1, -0.05) is 0 Å². The molecule has 1 heterocycles. The predicted octanol–water partition coefficient (Wildman–Crippen LogP) is 3.05. The minimum absolute atomic E-state index is 0.106. The van der Waals surface area contributed by atoms with Crippen molar-refractivity contribution in [3.63, 3.8) is 0 Å². The Hall–Kier alpha value is -2.89. The first-order chi connectivity index (χ1) is 10.7. The summed E-state index contributed by atoms with van der Waals surface area (Å²) in [5, 5.41) is 4.35. The third kappa shape index (κ3) is 2.76. The number of ether oxygens (including phenoxy) is 1. The molecule has 0 atom stereocenters. The van der Waals surface area contributed by atoms with Crippen molar-refractivity contribution in [3.8, 4) is 22.8 Å². The van der Waals surface area contributed by atoms with Crippen molar-refractivity contribution >= 4 is 5.69 Å². The van der Waals surface area contributed by atoms with Crippen LogP contribution in [0.1, 0.15) is 6.92 Å². The van der Waals surface area contributed by atoms with E-state index < -0.39 is 5.82 Å². The van der Waals surface area contributed by atoms with Gasteiger partial charge in [0.25, 0.3) is 0 Å². The van der Waals surface area contributed by atoms with E-state index in [0.29, 0.717) is 18.0 Å². The summed E-state index contributed by atoms with van der Waals surface area (Å²) < 4.78 is 20.5. The summed E-state index contributed by atoms with van der Waals surface area (Å²) in [6.07, 6.45) is 1.58. The average Bonchev–Trinajstić information content (AvgIpc) is 3.01. The van der Waals surface area contributed by atoms with Crippen molar-refractivity contribution in [2.24, 2.45) is 0 Å². The summed E-state index contributed by atoms with van der Waals surface area (Å²) >= 11 is 0. The number of hydrogen-bond donors (Lipinski definition) is 1. The molecule has 2 aromatic carbocycles. The molecule has 0 fully saturated rings. The summed E-state index contributed by atoms with van der Waals surface area (Å²) in [6, 6.07) is 12.0. The number of aromatic nitrogens is 3. The number of halogens is 1. The molecule has 0 saturated carbocycles. The Labute approximate surface area is 127 Å². The van der Waals surface area contributed by atoms with Crippen LogP contribution in [0.15, 0.2) is 48.8 Å². The first-order valence-corrected chi connectivity index (χ1v) is 6.87. The first kappa shape index (κ1) is 14.1. The van der Waals surface area contributed by atoms with Crippen LogP contribution in [0.4, 0.5) is 10.1 Å². The topological polar surface area (TPSA) is 66.0 Å². The van der Waals surface area contributed by atoms with Gasteiger partial charge in [0, 0.05) is 5.56 Å². The van der Waals surface area contributed by atoms with Gasteiger partial charge in [0.2, 0.25) is 0 Å². The predicted molar refractivity (Wildman–Crippen MR) is 82.3 cm³/mol. The fraction of sp³-hybridized carbons (Fsp3) is 0.125. The van der Waals surface area contributed by atoms with Gasteiger partial charge in [-0.25, -0.2) is 14.1 Å². The van der Waals surface area contributed by atoms with Gasteiger partial charge in [-0.2, -0.15) is 0 Å². The number of anilines is 1. The maximum Gasteiger partial charge on any atom is 0.181 e. The van der Waals surface area contributed by atoms with Crippen LogP contribution in [0, 0.1) is 5.82 Å². The summed E-state index contributed by atoms with van der Waals surface area (Å²) in [4.78, 5) is 4.21. The molecule has 0 spiro atoms. The quantitative estimate of drug-likeness (QED) is 0.752. The molecule has 0 aliphatic rings. The van der Waals surface area contributed by atoms with E-state index in [4.69, 9.17) is 10.5 Å². The number of rotatable bonds is 4. The lowest BCUT2D eigenvalue weighted by Crippen LogP contribution is -1.96. The van der Waals surface area contributed by atoms with Crippen LogP contribution in [0.5, 0.6) is 5.75 Å². The second-order valence-electron chi connectivity index (χ2n) is 4.68. The lowest BCUT2D eigenvalue weighted by atomic mass is 10.2. The molecule has 5 nitrogen and oxygen atoms in total. The standard InChI is InChI=1S/C16H15FN4O/c1-2-22-13-6-4-12(5-7-13)21-10-19-16(20-21)11-3-8-15(18)14(17)9-11/h3-10H,2,18H2,1H3. The molecular formula is C16H15FN4O. The van der Waals surface area contributed by atoms with E-state index in [2.05, 4.69) is 10.1 Å². The van der Waals surface area contributed by atoms with Gasteiger partial charge in [0.15, 0.2) is 5.82 Å². The second-order valence-corrected chi connectivity index (χ2v) is 4.68. The maximum atomic E-state index is 13.5. The molecule has 1 aromatic heterocycles. The van der Waals surface area contributed by atoms with Crippen molar-refractivity contribution in [1.29, 1.82) is 0 Å². The van der Waals surface area contributed by atoms with Gasteiger partial charge in [-0.3, -0.25) is 0 Å². The van der Waals surface area contributed by atoms with Crippen molar-refractivity contribution in [3.05, 3.63) is 54.6 Å². The lowest BCUT2D eigenvalue weighted by molar-refractivity contribution is 0.340. The van der Waals surface area contributed by atoms with E-state index >= 15 is 0 Å². The van der Waals surface area contributed by atoms with Crippen LogP contribution >= 0.6 is 0 Å². The minimum atomic E-state index is -0.477. The molecule has 6 heteroatoms. The van der Waals surface area contributed by atoms with Gasteiger partial charge < -0.3 is 10.5 Å². The molecular weight excluding hydrogens is 283 g/mol.